The zero-order chi connectivity index (χ0) is 18.1. The third-order valence-electron chi connectivity index (χ3n) is 3.54. The number of ether oxygens (including phenoxy) is 2. The van der Waals surface area contributed by atoms with Gasteiger partial charge in [0.15, 0.2) is 6.61 Å². The number of carbonyl (C=O) groups excluding carboxylic acids is 2. The molecule has 0 aliphatic heterocycles. The average molecular weight is 341 g/mol. The first kappa shape index (κ1) is 18.5. The molecule has 1 N–H and O–H groups in total. The Labute approximate surface area is 148 Å². The van der Waals surface area contributed by atoms with Gasteiger partial charge in [0.2, 0.25) is 0 Å². The van der Waals surface area contributed by atoms with Gasteiger partial charge in [-0.15, -0.1) is 0 Å². The fraction of sp³-hybridized carbons (Fsp3) is 0.300. The van der Waals surface area contributed by atoms with Crippen LogP contribution in [0.25, 0.3) is 0 Å². The number of anilines is 1. The van der Waals surface area contributed by atoms with Gasteiger partial charge in [-0.3, -0.25) is 4.79 Å². The molecule has 2 aromatic rings. The molecule has 0 heterocycles. The Bertz CT molecular complexity index is 693. The molecule has 132 valence electrons. The van der Waals surface area contributed by atoms with E-state index in [1.54, 1.807) is 24.3 Å². The van der Waals surface area contributed by atoms with Crippen LogP contribution in [0, 0.1) is 0 Å². The second kappa shape index (κ2) is 9.47. The van der Waals surface area contributed by atoms with Gasteiger partial charge >= 0.3 is 5.97 Å². The number of aryl methyl sites for hydroxylation is 1. The molecule has 0 bridgehead atoms. The molecule has 1 amide bonds. The molecule has 25 heavy (non-hydrogen) atoms. The SMILES string of the molecule is CCCOC(=O)c1ccc(NC(=O)COc2ccc(CC)cc2)cc1. The topological polar surface area (TPSA) is 64.6 Å². The quantitative estimate of drug-likeness (QED) is 0.741. The van der Waals surface area contributed by atoms with Crippen molar-refractivity contribution in [1.29, 1.82) is 0 Å². The van der Waals surface area contributed by atoms with E-state index >= 15 is 0 Å². The summed E-state index contributed by atoms with van der Waals surface area (Å²) in [5.41, 5.74) is 2.27. The predicted octanol–water partition coefficient (Wildman–Crippen LogP) is 3.83. The zero-order valence-corrected chi connectivity index (χ0v) is 14.6. The molecule has 2 aromatic carbocycles. The van der Waals surface area contributed by atoms with E-state index in [4.69, 9.17) is 9.47 Å². The minimum absolute atomic E-state index is 0.0776. The van der Waals surface area contributed by atoms with Crippen LogP contribution in [0.2, 0.25) is 0 Å². The zero-order valence-electron chi connectivity index (χ0n) is 14.6. The standard InChI is InChI=1S/C20H23NO4/c1-3-13-24-20(23)16-7-9-17(10-8-16)21-19(22)14-25-18-11-5-15(4-2)6-12-18/h5-12H,3-4,13-14H2,1-2H3,(H,21,22). The van der Waals surface area contributed by atoms with Gasteiger partial charge in [-0.25, -0.2) is 4.79 Å². The van der Waals surface area contributed by atoms with E-state index in [1.807, 2.05) is 31.2 Å². The van der Waals surface area contributed by atoms with Crippen molar-refractivity contribution in [2.45, 2.75) is 26.7 Å². The highest BCUT2D eigenvalue weighted by atomic mass is 16.5. The van der Waals surface area contributed by atoms with Crippen LogP contribution in [-0.4, -0.2) is 25.1 Å². The van der Waals surface area contributed by atoms with Gasteiger partial charge in [-0.05, 0) is 54.8 Å². The predicted molar refractivity (Wildman–Crippen MR) is 97.0 cm³/mol. The van der Waals surface area contributed by atoms with Crippen LogP contribution in [0.4, 0.5) is 5.69 Å². The van der Waals surface area contributed by atoms with Crippen LogP contribution >= 0.6 is 0 Å². The van der Waals surface area contributed by atoms with Crippen molar-refractivity contribution in [3.05, 3.63) is 59.7 Å². The number of benzene rings is 2. The normalized spacial score (nSPS) is 10.2. The third kappa shape index (κ3) is 5.95. The van der Waals surface area contributed by atoms with Crippen molar-refractivity contribution < 1.29 is 19.1 Å². The molecule has 0 spiro atoms. The lowest BCUT2D eigenvalue weighted by atomic mass is 10.2. The van der Waals surface area contributed by atoms with Crippen LogP contribution in [0.5, 0.6) is 5.75 Å². The Kier molecular flexibility index (Phi) is 7.01. The number of hydrogen-bond donors (Lipinski definition) is 1. The largest absolute Gasteiger partial charge is 0.484 e. The first-order chi connectivity index (χ1) is 12.1. The van der Waals surface area contributed by atoms with Crippen LogP contribution in [0.15, 0.2) is 48.5 Å². The van der Waals surface area contributed by atoms with Crippen molar-refractivity contribution in [1.82, 2.24) is 0 Å². The molecular formula is C20H23NO4. The molecule has 0 saturated heterocycles. The Balaban J connectivity index is 1.82. The molecule has 2 rings (SSSR count). The van der Waals surface area contributed by atoms with Crippen molar-refractivity contribution in [2.75, 3.05) is 18.5 Å². The molecule has 0 unspecified atom stereocenters. The Hall–Kier alpha value is -2.82. The van der Waals surface area contributed by atoms with Crippen molar-refractivity contribution >= 4 is 17.6 Å². The minimum Gasteiger partial charge on any atom is -0.484 e. The van der Waals surface area contributed by atoms with Crippen molar-refractivity contribution in [2.24, 2.45) is 0 Å². The number of carbonyl (C=O) groups is 2. The van der Waals surface area contributed by atoms with E-state index in [1.165, 1.54) is 5.56 Å². The highest BCUT2D eigenvalue weighted by Gasteiger charge is 2.08. The Morgan fingerprint density at radius 1 is 0.960 bits per heavy atom. The van der Waals surface area contributed by atoms with Gasteiger partial charge in [0.05, 0.1) is 12.2 Å². The summed E-state index contributed by atoms with van der Waals surface area (Å²) in [5.74, 6) is 0.0285. The number of rotatable bonds is 8. The highest BCUT2D eigenvalue weighted by Crippen LogP contribution is 2.13. The summed E-state index contributed by atoms with van der Waals surface area (Å²) in [6.07, 6.45) is 1.74. The summed E-state index contributed by atoms with van der Waals surface area (Å²) >= 11 is 0. The third-order valence-corrected chi connectivity index (χ3v) is 3.54. The maximum Gasteiger partial charge on any atom is 0.338 e. The molecule has 0 atom stereocenters. The fourth-order valence-electron chi connectivity index (χ4n) is 2.14. The van der Waals surface area contributed by atoms with Crippen molar-refractivity contribution in [3.8, 4) is 5.75 Å². The average Bonchev–Trinajstić information content (AvgIpc) is 2.65. The molecule has 0 saturated carbocycles. The molecule has 0 aliphatic carbocycles. The second-order valence-corrected chi connectivity index (χ2v) is 5.55. The summed E-state index contributed by atoms with van der Waals surface area (Å²) < 4.78 is 10.5. The van der Waals surface area contributed by atoms with Gasteiger partial charge in [0.25, 0.3) is 5.91 Å². The molecule has 0 fully saturated rings. The molecule has 5 nitrogen and oxygen atoms in total. The van der Waals surface area contributed by atoms with Gasteiger partial charge in [-0.1, -0.05) is 26.0 Å². The van der Waals surface area contributed by atoms with Gasteiger partial charge in [0.1, 0.15) is 5.75 Å². The second-order valence-electron chi connectivity index (χ2n) is 5.55. The maximum atomic E-state index is 11.9. The van der Waals surface area contributed by atoms with E-state index in [0.29, 0.717) is 23.6 Å². The number of hydrogen-bond acceptors (Lipinski definition) is 4. The van der Waals surface area contributed by atoms with Crippen LogP contribution in [-0.2, 0) is 16.0 Å². The lowest BCUT2D eigenvalue weighted by Crippen LogP contribution is -2.20. The summed E-state index contributed by atoms with van der Waals surface area (Å²) in [6, 6.07) is 14.2. The lowest BCUT2D eigenvalue weighted by molar-refractivity contribution is -0.118. The number of nitrogens with one attached hydrogen (secondary N) is 1. The first-order valence-corrected chi connectivity index (χ1v) is 8.41. The van der Waals surface area contributed by atoms with Gasteiger partial charge < -0.3 is 14.8 Å². The molecular weight excluding hydrogens is 318 g/mol. The van der Waals surface area contributed by atoms with E-state index in [0.717, 1.165) is 12.8 Å². The van der Waals surface area contributed by atoms with Gasteiger partial charge in [0, 0.05) is 5.69 Å². The first-order valence-electron chi connectivity index (χ1n) is 8.41. The summed E-state index contributed by atoms with van der Waals surface area (Å²) in [7, 11) is 0. The summed E-state index contributed by atoms with van der Waals surface area (Å²) in [4.78, 5) is 23.7. The van der Waals surface area contributed by atoms with Gasteiger partial charge in [-0.2, -0.15) is 0 Å². The minimum atomic E-state index is -0.362. The van der Waals surface area contributed by atoms with Crippen LogP contribution in [0.1, 0.15) is 36.2 Å². The summed E-state index contributed by atoms with van der Waals surface area (Å²) in [5, 5.41) is 2.73. The van der Waals surface area contributed by atoms with Crippen molar-refractivity contribution in [3.63, 3.8) is 0 Å². The Morgan fingerprint density at radius 2 is 1.64 bits per heavy atom. The Morgan fingerprint density at radius 3 is 2.24 bits per heavy atom. The molecule has 5 heteroatoms. The van der Waals surface area contributed by atoms with E-state index in [2.05, 4.69) is 12.2 Å². The molecule has 0 aromatic heterocycles. The molecule has 0 aliphatic rings. The monoisotopic (exact) mass is 341 g/mol. The highest BCUT2D eigenvalue weighted by molar-refractivity contribution is 5.93. The number of esters is 1. The summed E-state index contributed by atoms with van der Waals surface area (Å²) in [6.45, 7) is 4.34. The fourth-order valence-corrected chi connectivity index (χ4v) is 2.14. The van der Waals surface area contributed by atoms with E-state index < -0.39 is 0 Å². The van der Waals surface area contributed by atoms with E-state index in [9.17, 15) is 9.59 Å². The van der Waals surface area contributed by atoms with E-state index in [-0.39, 0.29) is 18.5 Å². The lowest BCUT2D eigenvalue weighted by Gasteiger charge is -2.09. The van der Waals surface area contributed by atoms with Crippen LogP contribution < -0.4 is 10.1 Å². The maximum absolute atomic E-state index is 11.9. The number of amides is 1. The molecule has 0 radical (unpaired) electrons. The smallest absolute Gasteiger partial charge is 0.338 e. The van der Waals surface area contributed by atoms with Crippen LogP contribution in [0.3, 0.4) is 0 Å².